The Morgan fingerprint density at radius 1 is 0.704 bits per heavy atom. The van der Waals surface area contributed by atoms with Gasteiger partial charge in [0.05, 0.1) is 20.8 Å². The molecule has 0 radical (unpaired) electrons. The smallest absolute Gasteiger partial charge is 0.267 e. The number of nitrogens with zero attached hydrogens (tertiary/aromatic N) is 1. The fraction of sp³-hybridized carbons (Fsp3) is 0. The molecule has 2 amide bonds. The first-order valence-corrected chi connectivity index (χ1v) is 9.95. The van der Waals surface area contributed by atoms with Gasteiger partial charge in [0.15, 0.2) is 0 Å². The van der Waals surface area contributed by atoms with Crippen molar-refractivity contribution in [1.82, 2.24) is 9.84 Å². The molecule has 4 rings (SSSR count). The maximum atomic E-state index is 13.8. The van der Waals surface area contributed by atoms with Crippen LogP contribution >= 0.6 is 0 Å². The van der Waals surface area contributed by atoms with Crippen LogP contribution in [-0.4, -0.2) is 26.4 Å². The minimum Gasteiger partial charge on any atom is -0.267 e. The van der Waals surface area contributed by atoms with E-state index in [0.717, 1.165) is 10.6 Å². The van der Waals surface area contributed by atoms with Gasteiger partial charge in [0, 0.05) is 10.3 Å². The average Bonchev–Trinajstić information content (AvgIpc) is 2.94. The van der Waals surface area contributed by atoms with Crippen molar-refractivity contribution in [3.05, 3.63) is 102 Å². The predicted molar refractivity (Wildman–Crippen MR) is 105 cm³/mol. The molecule has 134 valence electrons. The monoisotopic (exact) mass is 376 g/mol. The lowest BCUT2D eigenvalue weighted by atomic mass is 10.1. The van der Waals surface area contributed by atoms with Gasteiger partial charge in [-0.15, -0.1) is 4.83 Å². The Morgan fingerprint density at radius 2 is 1.19 bits per heavy atom. The Bertz CT molecular complexity index is 1100. The SMILES string of the molecule is O=C1c2ccccc2C(=O)N1NS(=O)(=Cc1ccccc1)c1ccccc1. The van der Waals surface area contributed by atoms with Crippen LogP contribution in [0.5, 0.6) is 0 Å². The number of hydrogen-bond acceptors (Lipinski definition) is 3. The second kappa shape index (κ2) is 6.83. The summed E-state index contributed by atoms with van der Waals surface area (Å²) in [4.78, 5) is 28.5. The van der Waals surface area contributed by atoms with Crippen LogP contribution in [0.2, 0.25) is 0 Å². The first kappa shape index (κ1) is 17.2. The highest BCUT2D eigenvalue weighted by molar-refractivity contribution is 7.99. The summed E-state index contributed by atoms with van der Waals surface area (Å²) in [7, 11) is -3.08. The third kappa shape index (κ3) is 3.16. The van der Waals surface area contributed by atoms with Crippen LogP contribution in [0.1, 0.15) is 26.3 Å². The van der Waals surface area contributed by atoms with Crippen LogP contribution in [0.3, 0.4) is 0 Å². The lowest BCUT2D eigenvalue weighted by Gasteiger charge is -2.20. The summed E-state index contributed by atoms with van der Waals surface area (Å²) in [6, 6.07) is 24.4. The fourth-order valence-corrected chi connectivity index (χ4v) is 4.73. The number of rotatable bonds is 4. The molecule has 1 N–H and O–H groups in total. The van der Waals surface area contributed by atoms with Gasteiger partial charge in [0.25, 0.3) is 11.8 Å². The number of hydrazine groups is 1. The molecule has 6 heteroatoms. The Kier molecular flexibility index (Phi) is 4.35. The molecule has 3 aromatic carbocycles. The summed E-state index contributed by atoms with van der Waals surface area (Å²) in [6.07, 6.45) is 0. The maximum absolute atomic E-state index is 13.8. The van der Waals surface area contributed by atoms with Crippen molar-refractivity contribution in [2.24, 2.45) is 0 Å². The van der Waals surface area contributed by atoms with Crippen LogP contribution in [0.4, 0.5) is 0 Å². The van der Waals surface area contributed by atoms with Gasteiger partial charge < -0.3 is 0 Å². The molecule has 3 aromatic rings. The van der Waals surface area contributed by atoms with Crippen molar-refractivity contribution < 1.29 is 13.8 Å². The normalized spacial score (nSPS) is 15.3. The molecule has 1 atom stereocenters. The Hall–Kier alpha value is -3.22. The molecule has 27 heavy (non-hydrogen) atoms. The van der Waals surface area contributed by atoms with Crippen LogP contribution in [0.25, 0.3) is 0 Å². The quantitative estimate of drug-likeness (QED) is 0.562. The topological polar surface area (TPSA) is 66.5 Å². The summed E-state index contributed by atoms with van der Waals surface area (Å²) in [5.74, 6) is -1.03. The molecule has 5 nitrogen and oxygen atoms in total. The highest BCUT2D eigenvalue weighted by atomic mass is 32.2. The molecule has 0 bridgehead atoms. The van der Waals surface area contributed by atoms with Crippen LogP contribution < -0.4 is 4.83 Å². The number of fused-ring (bicyclic) bond motifs is 1. The molecule has 0 spiro atoms. The van der Waals surface area contributed by atoms with Gasteiger partial charge in [-0.2, -0.15) is 5.01 Å². The van der Waals surface area contributed by atoms with Crippen LogP contribution in [-0.2, 0) is 9.71 Å². The van der Waals surface area contributed by atoms with E-state index in [9.17, 15) is 13.8 Å². The fourth-order valence-electron chi connectivity index (χ4n) is 2.90. The molecule has 1 aliphatic rings. The maximum Gasteiger partial charge on any atom is 0.276 e. The van der Waals surface area contributed by atoms with E-state index in [0.29, 0.717) is 16.0 Å². The van der Waals surface area contributed by atoms with Crippen molar-refractivity contribution in [2.75, 3.05) is 0 Å². The third-order valence-corrected chi connectivity index (χ3v) is 6.25. The molecule has 0 fully saturated rings. The Morgan fingerprint density at radius 3 is 1.74 bits per heavy atom. The zero-order chi connectivity index (χ0) is 18.9. The lowest BCUT2D eigenvalue weighted by molar-refractivity contribution is 0.0621. The van der Waals surface area contributed by atoms with Crippen molar-refractivity contribution in [1.29, 1.82) is 0 Å². The van der Waals surface area contributed by atoms with E-state index in [1.807, 2.05) is 36.4 Å². The Labute approximate surface area is 157 Å². The van der Waals surface area contributed by atoms with E-state index < -0.39 is 21.5 Å². The second-order valence-electron chi connectivity index (χ2n) is 6.02. The number of amides is 2. The molecular weight excluding hydrogens is 360 g/mol. The van der Waals surface area contributed by atoms with Crippen LogP contribution in [0.15, 0.2) is 89.8 Å². The zero-order valence-corrected chi connectivity index (χ0v) is 15.1. The van der Waals surface area contributed by atoms with Gasteiger partial charge >= 0.3 is 0 Å². The number of carbonyl (C=O) groups excluding carboxylic acids is 2. The van der Waals surface area contributed by atoms with E-state index >= 15 is 0 Å². The zero-order valence-electron chi connectivity index (χ0n) is 14.2. The minimum absolute atomic E-state index is 0.296. The largest absolute Gasteiger partial charge is 0.276 e. The highest BCUT2D eigenvalue weighted by Crippen LogP contribution is 2.22. The van der Waals surface area contributed by atoms with E-state index in [-0.39, 0.29) is 0 Å². The lowest BCUT2D eigenvalue weighted by Crippen LogP contribution is -2.46. The molecular formula is C21H16N2O3S. The van der Waals surface area contributed by atoms with Gasteiger partial charge in [-0.1, -0.05) is 60.7 Å². The van der Waals surface area contributed by atoms with Crippen molar-refractivity contribution in [3.8, 4) is 0 Å². The average molecular weight is 376 g/mol. The first-order chi connectivity index (χ1) is 13.1. The number of benzene rings is 3. The van der Waals surface area contributed by atoms with E-state index in [1.165, 1.54) is 0 Å². The molecule has 0 aliphatic carbocycles. The summed E-state index contributed by atoms with van der Waals surface area (Å²) < 4.78 is 13.8. The molecule has 1 heterocycles. The van der Waals surface area contributed by atoms with E-state index in [2.05, 4.69) is 4.83 Å². The predicted octanol–water partition coefficient (Wildman–Crippen LogP) is 2.90. The van der Waals surface area contributed by atoms with Crippen molar-refractivity contribution >= 4 is 26.9 Å². The third-order valence-electron chi connectivity index (χ3n) is 4.22. The number of carbonyl (C=O) groups is 2. The molecule has 1 unspecified atom stereocenters. The molecule has 0 aromatic heterocycles. The highest BCUT2D eigenvalue weighted by Gasteiger charge is 2.37. The Balaban J connectivity index is 1.80. The summed E-state index contributed by atoms with van der Waals surface area (Å²) in [5.41, 5.74) is 1.31. The van der Waals surface area contributed by atoms with E-state index in [1.54, 1.807) is 53.9 Å². The van der Waals surface area contributed by atoms with Gasteiger partial charge in [0.2, 0.25) is 0 Å². The summed E-state index contributed by atoms with van der Waals surface area (Å²) in [5, 5.41) is 2.39. The standard InChI is InChI=1S/C21H16N2O3S/c24-20-18-13-7-8-14-19(18)21(25)23(20)22-27(26,17-11-5-2-6-12-17)15-16-9-3-1-4-10-16/h1-15H,(H,22,26). The summed E-state index contributed by atoms with van der Waals surface area (Å²) in [6.45, 7) is 0. The number of hydrogen-bond donors (Lipinski definition) is 1. The van der Waals surface area contributed by atoms with Crippen LogP contribution in [0, 0.1) is 0 Å². The van der Waals surface area contributed by atoms with E-state index in [4.69, 9.17) is 0 Å². The molecule has 0 saturated carbocycles. The van der Waals surface area contributed by atoms with Gasteiger partial charge in [-0.05, 0) is 29.8 Å². The first-order valence-electron chi connectivity index (χ1n) is 8.33. The van der Waals surface area contributed by atoms with Gasteiger partial charge in [0.1, 0.15) is 0 Å². The van der Waals surface area contributed by atoms with Gasteiger partial charge in [-0.3, -0.25) is 9.59 Å². The van der Waals surface area contributed by atoms with Crippen molar-refractivity contribution in [3.63, 3.8) is 0 Å². The molecule has 1 aliphatic heterocycles. The number of nitrogens with one attached hydrogen (secondary N) is 1. The second-order valence-corrected chi connectivity index (χ2v) is 8.12. The number of imide groups is 1. The van der Waals surface area contributed by atoms with Crippen molar-refractivity contribution in [2.45, 2.75) is 4.90 Å². The molecule has 0 saturated heterocycles. The summed E-state index contributed by atoms with van der Waals surface area (Å²) >= 11 is 0. The van der Waals surface area contributed by atoms with Gasteiger partial charge in [-0.25, -0.2) is 4.21 Å². The minimum atomic E-state index is -3.08.